The van der Waals surface area contributed by atoms with Crippen LogP contribution >= 0.6 is 0 Å². The number of hydrogen-bond acceptors (Lipinski definition) is 4. The van der Waals surface area contributed by atoms with Crippen LogP contribution in [0.4, 0.5) is 0 Å². The standard InChI is InChI=1S/C17H24N2O2/c1-20-12-13-5-4-8-19(10-13)11-15(18)17-9-14-6-2-3-7-16(14)21-17/h2-3,6-7,9,13,15H,4-5,8,10-12,18H2,1H3. The number of hydrogen-bond donors (Lipinski definition) is 1. The van der Waals surface area contributed by atoms with Crippen LogP contribution in [0.3, 0.4) is 0 Å². The summed E-state index contributed by atoms with van der Waals surface area (Å²) in [6, 6.07) is 10.1. The molecule has 4 nitrogen and oxygen atoms in total. The summed E-state index contributed by atoms with van der Waals surface area (Å²) in [4.78, 5) is 2.44. The zero-order valence-electron chi connectivity index (χ0n) is 12.6. The normalized spacial score (nSPS) is 21.7. The first-order chi connectivity index (χ1) is 10.3. The van der Waals surface area contributed by atoms with Gasteiger partial charge in [-0.25, -0.2) is 0 Å². The summed E-state index contributed by atoms with van der Waals surface area (Å²) >= 11 is 0. The lowest BCUT2D eigenvalue weighted by Crippen LogP contribution is -2.40. The molecule has 1 aliphatic heterocycles. The average molecular weight is 288 g/mol. The third kappa shape index (κ3) is 3.46. The number of ether oxygens (including phenoxy) is 1. The summed E-state index contributed by atoms with van der Waals surface area (Å²) in [7, 11) is 1.78. The number of nitrogens with zero attached hydrogens (tertiary/aromatic N) is 1. The number of fused-ring (bicyclic) bond motifs is 1. The van der Waals surface area contributed by atoms with Crippen molar-refractivity contribution >= 4 is 11.0 Å². The number of methoxy groups -OCH3 is 1. The summed E-state index contributed by atoms with van der Waals surface area (Å²) in [5.74, 6) is 1.51. The maximum absolute atomic E-state index is 6.34. The van der Waals surface area contributed by atoms with E-state index in [1.807, 2.05) is 18.2 Å². The van der Waals surface area contributed by atoms with Crippen molar-refractivity contribution < 1.29 is 9.15 Å². The van der Waals surface area contributed by atoms with Crippen molar-refractivity contribution in [1.29, 1.82) is 0 Å². The highest BCUT2D eigenvalue weighted by Gasteiger charge is 2.22. The maximum Gasteiger partial charge on any atom is 0.134 e. The van der Waals surface area contributed by atoms with Crippen LogP contribution in [-0.4, -0.2) is 38.3 Å². The SMILES string of the molecule is COCC1CCCN(CC(N)c2cc3ccccc3o2)C1. The summed E-state index contributed by atoms with van der Waals surface area (Å²) in [6.45, 7) is 3.88. The van der Waals surface area contributed by atoms with E-state index in [0.29, 0.717) is 5.92 Å². The van der Waals surface area contributed by atoms with Crippen molar-refractivity contribution in [2.24, 2.45) is 11.7 Å². The topological polar surface area (TPSA) is 51.6 Å². The molecule has 114 valence electrons. The third-order valence-electron chi connectivity index (χ3n) is 4.27. The maximum atomic E-state index is 6.34. The van der Waals surface area contributed by atoms with Crippen molar-refractivity contribution in [1.82, 2.24) is 4.90 Å². The van der Waals surface area contributed by atoms with Gasteiger partial charge in [0.2, 0.25) is 0 Å². The summed E-state index contributed by atoms with van der Waals surface area (Å²) in [5.41, 5.74) is 7.26. The molecule has 1 aromatic carbocycles. The molecule has 21 heavy (non-hydrogen) atoms. The van der Waals surface area contributed by atoms with Gasteiger partial charge in [-0.2, -0.15) is 0 Å². The van der Waals surface area contributed by atoms with Gasteiger partial charge in [0, 0.05) is 25.6 Å². The molecule has 0 aliphatic carbocycles. The van der Waals surface area contributed by atoms with Gasteiger partial charge in [-0.1, -0.05) is 18.2 Å². The molecule has 2 heterocycles. The summed E-state index contributed by atoms with van der Waals surface area (Å²) < 4.78 is 11.2. The quantitative estimate of drug-likeness (QED) is 0.919. The van der Waals surface area contributed by atoms with Gasteiger partial charge in [0.15, 0.2) is 0 Å². The number of piperidine rings is 1. The van der Waals surface area contributed by atoms with Gasteiger partial charge in [-0.3, -0.25) is 0 Å². The third-order valence-corrected chi connectivity index (χ3v) is 4.27. The number of benzene rings is 1. The lowest BCUT2D eigenvalue weighted by molar-refractivity contribution is 0.0868. The summed E-state index contributed by atoms with van der Waals surface area (Å²) in [6.07, 6.45) is 2.48. The lowest BCUT2D eigenvalue weighted by atomic mass is 9.98. The van der Waals surface area contributed by atoms with Crippen LogP contribution in [0.15, 0.2) is 34.7 Å². The van der Waals surface area contributed by atoms with Crippen molar-refractivity contribution in [2.75, 3.05) is 33.4 Å². The molecule has 1 fully saturated rings. The minimum Gasteiger partial charge on any atom is -0.459 e. The Morgan fingerprint density at radius 2 is 2.29 bits per heavy atom. The summed E-state index contributed by atoms with van der Waals surface area (Å²) in [5, 5.41) is 1.12. The number of likely N-dealkylation sites (tertiary alicyclic amines) is 1. The van der Waals surface area contributed by atoms with Crippen LogP contribution in [-0.2, 0) is 4.74 Å². The minimum atomic E-state index is -0.0707. The Kier molecular flexibility index (Phi) is 4.58. The van der Waals surface area contributed by atoms with Gasteiger partial charge < -0.3 is 19.8 Å². The molecular formula is C17H24N2O2. The van der Waals surface area contributed by atoms with E-state index in [1.54, 1.807) is 7.11 Å². The molecule has 0 bridgehead atoms. The highest BCUT2D eigenvalue weighted by atomic mass is 16.5. The van der Waals surface area contributed by atoms with Crippen molar-refractivity contribution in [2.45, 2.75) is 18.9 Å². The molecule has 2 N–H and O–H groups in total. The highest BCUT2D eigenvalue weighted by Crippen LogP contribution is 2.24. The minimum absolute atomic E-state index is 0.0707. The first kappa shape index (κ1) is 14.6. The fourth-order valence-electron chi connectivity index (χ4n) is 3.24. The Hall–Kier alpha value is -1.36. The van der Waals surface area contributed by atoms with Crippen LogP contribution in [0.1, 0.15) is 24.6 Å². The fraction of sp³-hybridized carbons (Fsp3) is 0.529. The molecule has 1 aliphatic rings. The molecule has 3 rings (SSSR count). The second kappa shape index (κ2) is 6.60. The van der Waals surface area contributed by atoms with E-state index in [4.69, 9.17) is 14.9 Å². The van der Waals surface area contributed by atoms with E-state index in [-0.39, 0.29) is 6.04 Å². The van der Waals surface area contributed by atoms with Crippen LogP contribution in [0, 0.1) is 5.92 Å². The Bertz CT molecular complexity index is 546. The zero-order valence-corrected chi connectivity index (χ0v) is 12.6. The number of nitrogens with two attached hydrogens (primary N) is 1. The number of para-hydroxylation sites is 1. The van der Waals surface area contributed by atoms with Crippen LogP contribution < -0.4 is 5.73 Å². The molecule has 0 amide bonds. The zero-order chi connectivity index (χ0) is 14.7. The van der Waals surface area contributed by atoms with Crippen LogP contribution in [0.25, 0.3) is 11.0 Å². The van der Waals surface area contributed by atoms with E-state index in [1.165, 1.54) is 12.8 Å². The smallest absolute Gasteiger partial charge is 0.134 e. The molecule has 4 heteroatoms. The Balaban J connectivity index is 1.63. The molecule has 0 spiro atoms. The van der Waals surface area contributed by atoms with Gasteiger partial charge in [0.05, 0.1) is 12.6 Å². The van der Waals surface area contributed by atoms with E-state index in [9.17, 15) is 0 Å². The molecule has 1 saturated heterocycles. The van der Waals surface area contributed by atoms with E-state index in [0.717, 1.165) is 43.0 Å². The lowest BCUT2D eigenvalue weighted by Gasteiger charge is -2.33. The second-order valence-corrected chi connectivity index (χ2v) is 6.02. The molecule has 0 radical (unpaired) electrons. The van der Waals surface area contributed by atoms with E-state index < -0.39 is 0 Å². The largest absolute Gasteiger partial charge is 0.459 e. The van der Waals surface area contributed by atoms with E-state index >= 15 is 0 Å². The predicted octanol–water partition coefficient (Wildman–Crippen LogP) is 2.79. The van der Waals surface area contributed by atoms with Crippen molar-refractivity contribution in [3.05, 3.63) is 36.1 Å². The molecule has 2 unspecified atom stereocenters. The van der Waals surface area contributed by atoms with Gasteiger partial charge in [-0.15, -0.1) is 0 Å². The average Bonchev–Trinajstić information content (AvgIpc) is 2.92. The van der Waals surface area contributed by atoms with Gasteiger partial charge in [0.1, 0.15) is 11.3 Å². The van der Waals surface area contributed by atoms with Gasteiger partial charge >= 0.3 is 0 Å². The molecule has 0 saturated carbocycles. The number of rotatable bonds is 5. The van der Waals surface area contributed by atoms with Gasteiger partial charge in [0.25, 0.3) is 0 Å². The molecule has 1 aromatic heterocycles. The Labute approximate surface area is 125 Å². The first-order valence-electron chi connectivity index (χ1n) is 7.71. The monoisotopic (exact) mass is 288 g/mol. The van der Waals surface area contributed by atoms with Gasteiger partial charge in [-0.05, 0) is 37.4 Å². The van der Waals surface area contributed by atoms with Crippen molar-refractivity contribution in [3.63, 3.8) is 0 Å². The first-order valence-corrected chi connectivity index (χ1v) is 7.71. The highest BCUT2D eigenvalue weighted by molar-refractivity contribution is 5.77. The predicted molar refractivity (Wildman–Crippen MR) is 84.2 cm³/mol. The molecule has 2 atom stereocenters. The van der Waals surface area contributed by atoms with E-state index in [2.05, 4.69) is 17.0 Å². The second-order valence-electron chi connectivity index (χ2n) is 6.02. The Morgan fingerprint density at radius 1 is 1.43 bits per heavy atom. The number of furan rings is 1. The van der Waals surface area contributed by atoms with Crippen LogP contribution in [0.5, 0.6) is 0 Å². The van der Waals surface area contributed by atoms with Crippen LogP contribution in [0.2, 0.25) is 0 Å². The molecule has 2 aromatic rings. The van der Waals surface area contributed by atoms with Crippen molar-refractivity contribution in [3.8, 4) is 0 Å². The molecular weight excluding hydrogens is 264 g/mol. The Morgan fingerprint density at radius 3 is 3.10 bits per heavy atom. The fourth-order valence-corrected chi connectivity index (χ4v) is 3.24.